The van der Waals surface area contributed by atoms with Crippen molar-refractivity contribution in [3.05, 3.63) is 22.7 Å². The van der Waals surface area contributed by atoms with Crippen molar-refractivity contribution in [2.45, 2.75) is 58.7 Å². The van der Waals surface area contributed by atoms with Crippen molar-refractivity contribution in [1.29, 1.82) is 0 Å². The van der Waals surface area contributed by atoms with Crippen molar-refractivity contribution >= 4 is 5.82 Å². The zero-order valence-electron chi connectivity index (χ0n) is 11.8. The fourth-order valence-corrected chi connectivity index (χ4v) is 1.84. The third kappa shape index (κ3) is 3.84. The summed E-state index contributed by atoms with van der Waals surface area (Å²) in [7, 11) is 0. The Morgan fingerprint density at radius 3 is 2.56 bits per heavy atom. The Hall–Kier alpha value is -1.36. The van der Waals surface area contributed by atoms with E-state index in [1.165, 1.54) is 0 Å². The molecule has 0 spiro atoms. The smallest absolute Gasteiger partial charge is 0.293 e. The lowest BCUT2D eigenvalue weighted by molar-refractivity contribution is 0.179. The molecule has 0 saturated carbocycles. The van der Waals surface area contributed by atoms with Gasteiger partial charge in [-0.2, -0.15) is 0 Å². The number of hydrogen-bond acceptors (Lipinski definition) is 4. The van der Waals surface area contributed by atoms with Crippen LogP contribution >= 0.6 is 0 Å². The number of hydrogen-bond donors (Lipinski definition) is 2. The highest BCUT2D eigenvalue weighted by Crippen LogP contribution is 2.11. The standard InChI is InChI=1S/C13H23N3O2/c1-9(8-10(2)17)15-11-12(18)16(7-6-14-11)13(3,4)5/h6-7,9-10,17H,8H2,1-5H3,(H,14,15). The normalized spacial score (nSPS) is 15.2. The molecule has 0 bridgehead atoms. The fourth-order valence-electron chi connectivity index (χ4n) is 1.84. The minimum Gasteiger partial charge on any atom is -0.393 e. The van der Waals surface area contributed by atoms with Gasteiger partial charge in [0.15, 0.2) is 5.82 Å². The van der Waals surface area contributed by atoms with Crippen LogP contribution in [0.25, 0.3) is 0 Å². The van der Waals surface area contributed by atoms with Crippen LogP contribution in [0.1, 0.15) is 41.0 Å². The number of nitrogens with zero attached hydrogens (tertiary/aromatic N) is 2. The molecular formula is C13H23N3O2. The van der Waals surface area contributed by atoms with Gasteiger partial charge in [-0.15, -0.1) is 0 Å². The van der Waals surface area contributed by atoms with E-state index < -0.39 is 6.10 Å². The molecule has 1 aromatic rings. The van der Waals surface area contributed by atoms with E-state index >= 15 is 0 Å². The van der Waals surface area contributed by atoms with Crippen LogP contribution in [-0.2, 0) is 5.54 Å². The molecule has 2 N–H and O–H groups in total. The molecule has 1 rings (SSSR count). The monoisotopic (exact) mass is 253 g/mol. The maximum Gasteiger partial charge on any atom is 0.293 e. The van der Waals surface area contributed by atoms with Gasteiger partial charge in [0.1, 0.15) is 0 Å². The Morgan fingerprint density at radius 2 is 2.06 bits per heavy atom. The number of aromatic nitrogens is 2. The van der Waals surface area contributed by atoms with Gasteiger partial charge in [-0.3, -0.25) is 4.79 Å². The van der Waals surface area contributed by atoms with Gasteiger partial charge in [0, 0.05) is 24.0 Å². The topological polar surface area (TPSA) is 67.2 Å². The van der Waals surface area contributed by atoms with E-state index in [9.17, 15) is 9.90 Å². The van der Waals surface area contributed by atoms with Crippen LogP contribution < -0.4 is 10.9 Å². The second kappa shape index (κ2) is 5.52. The SMILES string of the molecule is CC(O)CC(C)Nc1nccn(C(C)(C)C)c1=O. The summed E-state index contributed by atoms with van der Waals surface area (Å²) in [4.78, 5) is 16.3. The second-order valence-electron chi connectivity index (χ2n) is 5.75. The zero-order valence-corrected chi connectivity index (χ0v) is 11.8. The lowest BCUT2D eigenvalue weighted by Crippen LogP contribution is -2.36. The van der Waals surface area contributed by atoms with Gasteiger partial charge in [-0.25, -0.2) is 4.98 Å². The molecule has 0 aliphatic rings. The first kappa shape index (κ1) is 14.7. The van der Waals surface area contributed by atoms with Crippen LogP contribution in [0.3, 0.4) is 0 Å². The molecule has 102 valence electrons. The molecular weight excluding hydrogens is 230 g/mol. The van der Waals surface area contributed by atoms with Gasteiger partial charge in [-0.05, 0) is 41.0 Å². The van der Waals surface area contributed by atoms with Gasteiger partial charge in [0.05, 0.1) is 6.10 Å². The highest BCUT2D eigenvalue weighted by atomic mass is 16.3. The largest absolute Gasteiger partial charge is 0.393 e. The zero-order chi connectivity index (χ0) is 13.9. The van der Waals surface area contributed by atoms with Crippen molar-refractivity contribution in [1.82, 2.24) is 9.55 Å². The van der Waals surface area contributed by atoms with Crippen LogP contribution in [-0.4, -0.2) is 26.8 Å². The first-order valence-electron chi connectivity index (χ1n) is 6.24. The maximum absolute atomic E-state index is 12.2. The Kier molecular flexibility index (Phi) is 4.51. The first-order valence-corrected chi connectivity index (χ1v) is 6.24. The third-order valence-electron chi connectivity index (χ3n) is 2.64. The summed E-state index contributed by atoms with van der Waals surface area (Å²) in [6.07, 6.45) is 3.48. The van der Waals surface area contributed by atoms with Crippen LogP contribution in [0.2, 0.25) is 0 Å². The number of anilines is 1. The summed E-state index contributed by atoms with van der Waals surface area (Å²) in [6.45, 7) is 9.55. The van der Waals surface area contributed by atoms with E-state index in [2.05, 4.69) is 10.3 Å². The maximum atomic E-state index is 12.2. The Balaban J connectivity index is 2.95. The molecule has 0 aliphatic heterocycles. The summed E-state index contributed by atoms with van der Waals surface area (Å²) in [5.74, 6) is 0.334. The van der Waals surface area contributed by atoms with Gasteiger partial charge in [-0.1, -0.05) is 0 Å². The van der Waals surface area contributed by atoms with Gasteiger partial charge in [0.2, 0.25) is 0 Å². The molecule has 18 heavy (non-hydrogen) atoms. The van der Waals surface area contributed by atoms with Gasteiger partial charge in [0.25, 0.3) is 5.56 Å². The summed E-state index contributed by atoms with van der Waals surface area (Å²) < 4.78 is 1.65. The summed E-state index contributed by atoms with van der Waals surface area (Å²) >= 11 is 0. The molecule has 0 aliphatic carbocycles. The molecule has 0 fully saturated rings. The quantitative estimate of drug-likeness (QED) is 0.854. The Bertz CT molecular complexity index is 446. The summed E-state index contributed by atoms with van der Waals surface area (Å²) in [5, 5.41) is 12.4. The lowest BCUT2D eigenvalue weighted by atomic mass is 10.1. The molecule has 5 heteroatoms. The number of aliphatic hydroxyl groups excluding tert-OH is 1. The van der Waals surface area contributed by atoms with Crippen LogP contribution in [0.4, 0.5) is 5.82 Å². The van der Waals surface area contributed by atoms with Crippen molar-refractivity contribution in [3.63, 3.8) is 0 Å². The minimum absolute atomic E-state index is 0.000943. The molecule has 0 aromatic carbocycles. The average Bonchev–Trinajstić information content (AvgIpc) is 2.18. The molecule has 2 atom stereocenters. The highest BCUT2D eigenvalue weighted by molar-refractivity contribution is 5.32. The summed E-state index contributed by atoms with van der Waals surface area (Å²) in [5.41, 5.74) is -0.410. The molecule has 0 radical (unpaired) electrons. The van der Waals surface area contributed by atoms with E-state index in [0.29, 0.717) is 12.2 Å². The second-order valence-corrected chi connectivity index (χ2v) is 5.75. The predicted molar refractivity (Wildman–Crippen MR) is 72.9 cm³/mol. The average molecular weight is 253 g/mol. The Morgan fingerprint density at radius 1 is 1.44 bits per heavy atom. The number of aliphatic hydroxyl groups is 1. The van der Waals surface area contributed by atoms with Gasteiger partial charge >= 0.3 is 0 Å². The lowest BCUT2D eigenvalue weighted by Gasteiger charge is -2.23. The molecule has 1 aromatic heterocycles. The predicted octanol–water partition coefficient (Wildman–Crippen LogP) is 1.57. The van der Waals surface area contributed by atoms with E-state index in [4.69, 9.17) is 0 Å². The summed E-state index contributed by atoms with van der Waals surface area (Å²) in [6, 6.07) is 0.000943. The molecule has 5 nitrogen and oxygen atoms in total. The minimum atomic E-state index is -0.402. The van der Waals surface area contributed by atoms with Crippen LogP contribution in [0.15, 0.2) is 17.2 Å². The van der Waals surface area contributed by atoms with E-state index in [1.807, 2.05) is 27.7 Å². The molecule has 0 amide bonds. The van der Waals surface area contributed by atoms with Crippen LogP contribution in [0, 0.1) is 0 Å². The number of nitrogens with one attached hydrogen (secondary N) is 1. The fraction of sp³-hybridized carbons (Fsp3) is 0.692. The van der Waals surface area contributed by atoms with Crippen molar-refractivity contribution < 1.29 is 5.11 Å². The van der Waals surface area contributed by atoms with E-state index in [0.717, 1.165) is 0 Å². The van der Waals surface area contributed by atoms with Crippen molar-refractivity contribution in [2.24, 2.45) is 0 Å². The molecule has 1 heterocycles. The highest BCUT2D eigenvalue weighted by Gasteiger charge is 2.17. The van der Waals surface area contributed by atoms with E-state index in [-0.39, 0.29) is 17.1 Å². The number of rotatable bonds is 4. The van der Waals surface area contributed by atoms with Gasteiger partial charge < -0.3 is 15.0 Å². The molecule has 0 saturated heterocycles. The Labute approximate surface area is 108 Å². The molecule has 2 unspecified atom stereocenters. The van der Waals surface area contributed by atoms with E-state index in [1.54, 1.807) is 23.9 Å². The van der Waals surface area contributed by atoms with Crippen molar-refractivity contribution in [2.75, 3.05) is 5.32 Å². The third-order valence-corrected chi connectivity index (χ3v) is 2.64. The first-order chi connectivity index (χ1) is 8.21. The van der Waals surface area contributed by atoms with Crippen molar-refractivity contribution in [3.8, 4) is 0 Å². The van der Waals surface area contributed by atoms with Crippen LogP contribution in [0.5, 0.6) is 0 Å².